The van der Waals surface area contributed by atoms with Gasteiger partial charge in [-0.3, -0.25) is 0 Å². The Morgan fingerprint density at radius 3 is 2.77 bits per heavy atom. The molecule has 0 fully saturated rings. The van der Waals surface area contributed by atoms with Gasteiger partial charge >= 0.3 is 0 Å². The zero-order valence-electron chi connectivity index (χ0n) is 14.4. The standard InChI is InChI=1S/C19H20FN5O/c1-2-26-17-6-4-3-5-14(17)16-11-15(12-7-9-13(20)10-8-12)22-19-23-18(21)24-25(16)19/h3-10,15-16H,2,11H2,1H3,(H3,21,22,23,24)/t15-,16-/m0/s1. The quantitative estimate of drug-likeness (QED) is 0.750. The first kappa shape index (κ1) is 16.4. The van der Waals surface area contributed by atoms with Crippen LogP contribution in [0.3, 0.4) is 0 Å². The van der Waals surface area contributed by atoms with Gasteiger partial charge in [-0.1, -0.05) is 30.3 Å². The summed E-state index contributed by atoms with van der Waals surface area (Å²) in [6.07, 6.45) is 0.714. The fourth-order valence-electron chi connectivity index (χ4n) is 3.41. The number of anilines is 2. The number of aromatic nitrogens is 3. The van der Waals surface area contributed by atoms with E-state index in [4.69, 9.17) is 10.5 Å². The van der Waals surface area contributed by atoms with Crippen LogP contribution in [0, 0.1) is 5.82 Å². The van der Waals surface area contributed by atoms with Gasteiger partial charge in [-0.25, -0.2) is 9.07 Å². The smallest absolute Gasteiger partial charge is 0.241 e. The molecule has 3 N–H and O–H groups in total. The van der Waals surface area contributed by atoms with E-state index < -0.39 is 0 Å². The molecule has 4 rings (SSSR count). The minimum Gasteiger partial charge on any atom is -0.494 e. The molecule has 2 aromatic carbocycles. The number of nitrogens with zero attached hydrogens (tertiary/aromatic N) is 3. The average Bonchev–Trinajstić information content (AvgIpc) is 3.02. The second-order valence-corrected chi connectivity index (χ2v) is 6.21. The van der Waals surface area contributed by atoms with E-state index in [-0.39, 0.29) is 23.8 Å². The second kappa shape index (κ2) is 6.67. The number of nitrogen functional groups attached to an aromatic ring is 1. The molecule has 0 aliphatic carbocycles. The first-order valence-corrected chi connectivity index (χ1v) is 8.61. The average molecular weight is 353 g/mol. The summed E-state index contributed by atoms with van der Waals surface area (Å²) in [5, 5.41) is 7.71. The molecule has 1 aromatic heterocycles. The first-order valence-electron chi connectivity index (χ1n) is 8.61. The van der Waals surface area contributed by atoms with Crippen molar-refractivity contribution >= 4 is 11.9 Å². The number of nitrogens with one attached hydrogen (secondary N) is 1. The van der Waals surface area contributed by atoms with Crippen LogP contribution in [-0.2, 0) is 0 Å². The van der Waals surface area contributed by atoms with Gasteiger partial charge in [0.05, 0.1) is 18.7 Å². The van der Waals surface area contributed by atoms with E-state index in [1.54, 1.807) is 16.8 Å². The van der Waals surface area contributed by atoms with Crippen LogP contribution >= 0.6 is 0 Å². The van der Waals surface area contributed by atoms with Crippen molar-refractivity contribution in [2.75, 3.05) is 17.7 Å². The summed E-state index contributed by atoms with van der Waals surface area (Å²) in [7, 11) is 0. The van der Waals surface area contributed by atoms with E-state index in [1.165, 1.54) is 12.1 Å². The minimum absolute atomic E-state index is 0.0358. The summed E-state index contributed by atoms with van der Waals surface area (Å²) < 4.78 is 20.9. The number of hydrogen-bond donors (Lipinski definition) is 2. The van der Waals surface area contributed by atoms with Gasteiger partial charge in [0.25, 0.3) is 0 Å². The largest absolute Gasteiger partial charge is 0.494 e. The molecule has 1 aliphatic heterocycles. The Kier molecular flexibility index (Phi) is 4.20. The molecule has 0 bridgehead atoms. The molecule has 0 saturated carbocycles. The van der Waals surface area contributed by atoms with E-state index >= 15 is 0 Å². The summed E-state index contributed by atoms with van der Waals surface area (Å²) in [6.45, 7) is 2.54. The third-order valence-corrected chi connectivity index (χ3v) is 4.56. The van der Waals surface area contributed by atoms with Crippen molar-refractivity contribution in [3.05, 3.63) is 65.5 Å². The molecule has 0 spiro atoms. The fraction of sp³-hybridized carbons (Fsp3) is 0.263. The van der Waals surface area contributed by atoms with E-state index in [9.17, 15) is 4.39 Å². The monoisotopic (exact) mass is 353 g/mol. The number of para-hydroxylation sites is 1. The molecule has 3 aromatic rings. The molecule has 0 saturated heterocycles. The Labute approximate surface area is 150 Å². The number of fused-ring (bicyclic) bond motifs is 1. The van der Waals surface area contributed by atoms with Gasteiger partial charge in [0, 0.05) is 5.56 Å². The van der Waals surface area contributed by atoms with Crippen molar-refractivity contribution in [3.8, 4) is 5.75 Å². The van der Waals surface area contributed by atoms with Crippen molar-refractivity contribution in [2.24, 2.45) is 0 Å². The lowest BCUT2D eigenvalue weighted by molar-refractivity contribution is 0.325. The predicted octanol–water partition coefficient (Wildman–Crippen LogP) is 3.54. The molecule has 26 heavy (non-hydrogen) atoms. The predicted molar refractivity (Wildman–Crippen MR) is 97.6 cm³/mol. The lowest BCUT2D eigenvalue weighted by Gasteiger charge is -2.32. The lowest BCUT2D eigenvalue weighted by Crippen LogP contribution is -2.28. The normalized spacial score (nSPS) is 18.8. The number of hydrogen-bond acceptors (Lipinski definition) is 5. The summed E-state index contributed by atoms with van der Waals surface area (Å²) in [5.41, 5.74) is 7.84. The van der Waals surface area contributed by atoms with Gasteiger partial charge in [-0.05, 0) is 37.1 Å². The van der Waals surface area contributed by atoms with E-state index in [0.717, 1.165) is 16.9 Å². The highest BCUT2D eigenvalue weighted by atomic mass is 19.1. The molecular weight excluding hydrogens is 333 g/mol. The highest BCUT2D eigenvalue weighted by Gasteiger charge is 2.32. The van der Waals surface area contributed by atoms with Crippen LogP contribution in [0.2, 0.25) is 0 Å². The molecule has 1 aliphatic rings. The Bertz CT molecular complexity index is 909. The van der Waals surface area contributed by atoms with Gasteiger partial charge in [0.15, 0.2) is 0 Å². The lowest BCUT2D eigenvalue weighted by atomic mass is 9.93. The molecule has 7 heteroatoms. The van der Waals surface area contributed by atoms with E-state index in [2.05, 4.69) is 15.4 Å². The minimum atomic E-state index is -0.254. The van der Waals surface area contributed by atoms with Crippen molar-refractivity contribution in [1.29, 1.82) is 0 Å². The highest BCUT2D eigenvalue weighted by molar-refractivity contribution is 5.44. The number of nitrogens with two attached hydrogens (primary N) is 1. The van der Waals surface area contributed by atoms with Gasteiger partial charge < -0.3 is 15.8 Å². The molecule has 6 nitrogen and oxygen atoms in total. The van der Waals surface area contributed by atoms with Crippen LogP contribution in [0.15, 0.2) is 48.5 Å². The van der Waals surface area contributed by atoms with Crippen molar-refractivity contribution in [3.63, 3.8) is 0 Å². The van der Waals surface area contributed by atoms with Crippen LogP contribution < -0.4 is 15.8 Å². The van der Waals surface area contributed by atoms with Gasteiger partial charge in [-0.15, -0.1) is 5.10 Å². The maximum absolute atomic E-state index is 13.3. The zero-order valence-corrected chi connectivity index (χ0v) is 14.4. The Balaban J connectivity index is 1.77. The van der Waals surface area contributed by atoms with Gasteiger partial charge in [0.2, 0.25) is 11.9 Å². The van der Waals surface area contributed by atoms with Crippen molar-refractivity contribution in [1.82, 2.24) is 14.8 Å². The maximum atomic E-state index is 13.3. The van der Waals surface area contributed by atoms with Gasteiger partial charge in [0.1, 0.15) is 11.6 Å². The van der Waals surface area contributed by atoms with Crippen LogP contribution in [0.5, 0.6) is 5.75 Å². The Hall–Kier alpha value is -3.09. The van der Waals surface area contributed by atoms with Crippen LogP contribution in [0.1, 0.15) is 36.6 Å². The molecular formula is C19H20FN5O. The highest BCUT2D eigenvalue weighted by Crippen LogP contribution is 2.40. The fourth-order valence-corrected chi connectivity index (χ4v) is 3.41. The summed E-state index contributed by atoms with van der Waals surface area (Å²) in [5.74, 6) is 1.38. The third-order valence-electron chi connectivity index (χ3n) is 4.56. The summed E-state index contributed by atoms with van der Waals surface area (Å²) in [4.78, 5) is 4.30. The first-order chi connectivity index (χ1) is 12.7. The Morgan fingerprint density at radius 2 is 2.00 bits per heavy atom. The molecule has 0 unspecified atom stereocenters. The molecule has 0 amide bonds. The maximum Gasteiger partial charge on any atom is 0.241 e. The van der Waals surface area contributed by atoms with Crippen molar-refractivity contribution in [2.45, 2.75) is 25.4 Å². The number of ether oxygens (including phenoxy) is 1. The van der Waals surface area contributed by atoms with Gasteiger partial charge in [-0.2, -0.15) is 4.98 Å². The SMILES string of the molecule is CCOc1ccccc1[C@@H]1C[C@@H](c2ccc(F)cc2)Nc2nc(N)nn21. The molecule has 2 heterocycles. The van der Waals surface area contributed by atoms with E-state index in [1.807, 2.05) is 31.2 Å². The topological polar surface area (TPSA) is 78.0 Å². The molecule has 2 atom stereocenters. The summed E-state index contributed by atoms with van der Waals surface area (Å²) in [6, 6.07) is 14.3. The van der Waals surface area contributed by atoms with Crippen molar-refractivity contribution < 1.29 is 9.13 Å². The molecule has 0 radical (unpaired) electrons. The third kappa shape index (κ3) is 2.96. The number of benzene rings is 2. The van der Waals surface area contributed by atoms with Crippen LogP contribution in [-0.4, -0.2) is 21.4 Å². The van der Waals surface area contributed by atoms with Crippen LogP contribution in [0.4, 0.5) is 16.3 Å². The van der Waals surface area contributed by atoms with E-state index in [0.29, 0.717) is 19.0 Å². The number of rotatable bonds is 4. The zero-order chi connectivity index (χ0) is 18.1. The number of halogens is 1. The summed E-state index contributed by atoms with van der Waals surface area (Å²) >= 11 is 0. The van der Waals surface area contributed by atoms with Crippen LogP contribution in [0.25, 0.3) is 0 Å². The Morgan fingerprint density at radius 1 is 1.23 bits per heavy atom. The molecule has 134 valence electrons. The second-order valence-electron chi connectivity index (χ2n) is 6.21.